The molecule has 3 aromatic carbocycles. The first-order valence-electron chi connectivity index (χ1n) is 8.79. The largest absolute Gasteiger partial charge is 0.486 e. The molecule has 132 valence electrons. The zero-order valence-electron chi connectivity index (χ0n) is 14.8. The van der Waals surface area contributed by atoms with Crippen molar-refractivity contribution < 1.29 is 14.0 Å². The Bertz CT molecular complexity index is 910. The van der Waals surface area contributed by atoms with E-state index < -0.39 is 7.14 Å². The molecule has 0 N–H and O–H groups in total. The van der Waals surface area contributed by atoms with Gasteiger partial charge < -0.3 is 14.0 Å². The van der Waals surface area contributed by atoms with Gasteiger partial charge in [-0.05, 0) is 38.1 Å². The second-order valence-electron chi connectivity index (χ2n) is 6.53. The maximum atomic E-state index is 14.7. The van der Waals surface area contributed by atoms with E-state index in [0.717, 1.165) is 5.30 Å². The van der Waals surface area contributed by atoms with E-state index in [9.17, 15) is 4.57 Å². The Morgan fingerprint density at radius 3 is 1.58 bits per heavy atom. The van der Waals surface area contributed by atoms with E-state index in [0.29, 0.717) is 22.1 Å². The summed E-state index contributed by atoms with van der Waals surface area (Å²) in [5.74, 6) is 1.30. The first-order chi connectivity index (χ1) is 12.6. The third-order valence-electron chi connectivity index (χ3n) is 4.82. The molecule has 2 atom stereocenters. The highest BCUT2D eigenvalue weighted by molar-refractivity contribution is 7.85. The number of benzene rings is 3. The lowest BCUT2D eigenvalue weighted by Crippen LogP contribution is -2.32. The summed E-state index contributed by atoms with van der Waals surface area (Å²) in [6.45, 7) is 3.95. The average Bonchev–Trinajstić information content (AvgIpc) is 2.71. The van der Waals surface area contributed by atoms with E-state index in [-0.39, 0.29) is 12.2 Å². The quantitative estimate of drug-likeness (QED) is 0.615. The van der Waals surface area contributed by atoms with Crippen LogP contribution in [-0.2, 0) is 4.57 Å². The Labute approximate surface area is 154 Å². The summed E-state index contributed by atoms with van der Waals surface area (Å²) in [5.41, 5.74) is 0. The Hall–Kier alpha value is -2.51. The van der Waals surface area contributed by atoms with Crippen LogP contribution in [-0.4, -0.2) is 12.2 Å². The topological polar surface area (TPSA) is 35.5 Å². The number of ether oxygens (including phenoxy) is 2. The smallest absolute Gasteiger partial charge is 0.178 e. The molecule has 1 heterocycles. The molecule has 0 aromatic heterocycles. The van der Waals surface area contributed by atoms with Crippen LogP contribution in [0.1, 0.15) is 13.8 Å². The first-order valence-corrected chi connectivity index (χ1v) is 10.5. The molecule has 3 aromatic rings. The fraction of sp³-hybridized carbons (Fsp3) is 0.182. The van der Waals surface area contributed by atoms with E-state index in [1.54, 1.807) is 0 Å². The fourth-order valence-corrected chi connectivity index (χ4v) is 6.15. The van der Waals surface area contributed by atoms with Crippen molar-refractivity contribution >= 4 is 23.1 Å². The van der Waals surface area contributed by atoms with Crippen molar-refractivity contribution in [2.24, 2.45) is 0 Å². The molecular weight excluding hydrogens is 343 g/mol. The van der Waals surface area contributed by atoms with Gasteiger partial charge in [0, 0.05) is 5.30 Å². The van der Waals surface area contributed by atoms with Crippen LogP contribution in [0.3, 0.4) is 0 Å². The van der Waals surface area contributed by atoms with Crippen LogP contribution in [0.15, 0.2) is 78.9 Å². The summed E-state index contributed by atoms with van der Waals surface area (Å²) in [6, 6.07) is 24.8. The second-order valence-corrected chi connectivity index (χ2v) is 9.22. The summed E-state index contributed by atoms with van der Waals surface area (Å²) in [4.78, 5) is 0. The number of rotatable bonds is 1. The molecule has 0 saturated heterocycles. The van der Waals surface area contributed by atoms with Crippen LogP contribution in [0.5, 0.6) is 11.5 Å². The maximum absolute atomic E-state index is 14.7. The minimum Gasteiger partial charge on any atom is -0.486 e. The standard InChI is InChI=1S/C22H21O3P/c1-16-17(2)25-20-13-7-9-15-22(20)26(23,18-10-4-3-5-11-18)21-14-8-6-12-19(21)24-16/h3-17H,1-2H3/t16-,17-/m0/s1. The van der Waals surface area contributed by atoms with Crippen molar-refractivity contribution in [3.63, 3.8) is 0 Å². The highest BCUT2D eigenvalue weighted by Gasteiger charge is 2.37. The van der Waals surface area contributed by atoms with Crippen LogP contribution in [0, 0.1) is 0 Å². The van der Waals surface area contributed by atoms with Gasteiger partial charge in [-0.2, -0.15) is 0 Å². The zero-order chi connectivity index (χ0) is 18.1. The van der Waals surface area contributed by atoms with Crippen molar-refractivity contribution in [3.05, 3.63) is 78.9 Å². The molecule has 0 unspecified atom stereocenters. The van der Waals surface area contributed by atoms with Crippen LogP contribution >= 0.6 is 7.14 Å². The van der Waals surface area contributed by atoms with Crippen molar-refractivity contribution in [3.8, 4) is 11.5 Å². The van der Waals surface area contributed by atoms with Crippen LogP contribution in [0.2, 0.25) is 0 Å². The third kappa shape index (κ3) is 2.73. The Kier molecular flexibility index (Phi) is 4.34. The van der Waals surface area contributed by atoms with E-state index in [1.807, 2.05) is 92.7 Å². The minimum atomic E-state index is -3.15. The molecule has 0 spiro atoms. The monoisotopic (exact) mass is 364 g/mol. The third-order valence-corrected chi connectivity index (χ3v) is 7.94. The molecule has 1 aliphatic heterocycles. The van der Waals surface area contributed by atoms with Gasteiger partial charge in [-0.15, -0.1) is 0 Å². The SMILES string of the molecule is C[C@@H]1Oc2ccccc2P(=O)(c2ccccc2)c2ccccc2O[C@H]1C. The molecule has 0 radical (unpaired) electrons. The van der Waals surface area contributed by atoms with E-state index >= 15 is 0 Å². The van der Waals surface area contributed by atoms with Crippen LogP contribution in [0.25, 0.3) is 0 Å². The summed E-state index contributed by atoms with van der Waals surface area (Å²) in [5, 5.41) is 2.20. The van der Waals surface area contributed by atoms with Crippen LogP contribution in [0.4, 0.5) is 0 Å². The fourth-order valence-electron chi connectivity index (χ4n) is 3.27. The van der Waals surface area contributed by atoms with Gasteiger partial charge in [0.2, 0.25) is 0 Å². The average molecular weight is 364 g/mol. The normalized spacial score (nSPS) is 21.0. The van der Waals surface area contributed by atoms with E-state index in [1.165, 1.54) is 0 Å². The Morgan fingerprint density at radius 2 is 1.08 bits per heavy atom. The van der Waals surface area contributed by atoms with Gasteiger partial charge >= 0.3 is 0 Å². The van der Waals surface area contributed by atoms with Gasteiger partial charge in [-0.25, -0.2) is 0 Å². The van der Waals surface area contributed by atoms with E-state index in [2.05, 4.69) is 0 Å². The summed E-state index contributed by atoms with van der Waals surface area (Å²) < 4.78 is 27.0. The lowest BCUT2D eigenvalue weighted by atomic mass is 10.2. The maximum Gasteiger partial charge on any atom is 0.178 e. The predicted molar refractivity (Wildman–Crippen MR) is 106 cm³/mol. The lowest BCUT2D eigenvalue weighted by molar-refractivity contribution is 0.0799. The number of fused-ring (bicyclic) bond motifs is 2. The van der Waals surface area contributed by atoms with Gasteiger partial charge in [-0.3, -0.25) is 0 Å². The number of hydrogen-bond donors (Lipinski definition) is 0. The number of hydrogen-bond acceptors (Lipinski definition) is 3. The first kappa shape index (κ1) is 16.9. The summed E-state index contributed by atoms with van der Waals surface area (Å²) >= 11 is 0. The zero-order valence-corrected chi connectivity index (χ0v) is 15.7. The molecule has 0 fully saturated rings. The van der Waals surface area contributed by atoms with Gasteiger partial charge in [0.15, 0.2) is 7.14 Å². The molecule has 26 heavy (non-hydrogen) atoms. The molecule has 3 nitrogen and oxygen atoms in total. The lowest BCUT2D eigenvalue weighted by Gasteiger charge is -2.22. The predicted octanol–water partition coefficient (Wildman–Crippen LogP) is 3.87. The van der Waals surface area contributed by atoms with Gasteiger partial charge in [0.05, 0.1) is 10.6 Å². The van der Waals surface area contributed by atoms with Gasteiger partial charge in [-0.1, -0.05) is 54.6 Å². The summed E-state index contributed by atoms with van der Waals surface area (Å²) in [7, 11) is -3.15. The molecule has 4 rings (SSSR count). The molecular formula is C22H21O3P. The summed E-state index contributed by atoms with van der Waals surface area (Å²) in [6.07, 6.45) is -0.349. The highest BCUT2D eigenvalue weighted by atomic mass is 31.2. The van der Waals surface area contributed by atoms with Crippen molar-refractivity contribution in [2.75, 3.05) is 0 Å². The van der Waals surface area contributed by atoms with Gasteiger partial charge in [0.25, 0.3) is 0 Å². The van der Waals surface area contributed by atoms with Gasteiger partial charge in [0.1, 0.15) is 23.7 Å². The molecule has 0 amide bonds. The number of para-hydroxylation sites is 2. The van der Waals surface area contributed by atoms with Crippen molar-refractivity contribution in [2.45, 2.75) is 26.1 Å². The highest BCUT2D eigenvalue weighted by Crippen LogP contribution is 2.48. The molecule has 0 bridgehead atoms. The Morgan fingerprint density at radius 1 is 0.654 bits per heavy atom. The van der Waals surface area contributed by atoms with E-state index in [4.69, 9.17) is 9.47 Å². The Balaban J connectivity index is 2.09. The van der Waals surface area contributed by atoms with Crippen molar-refractivity contribution in [1.29, 1.82) is 0 Å². The molecule has 0 aliphatic carbocycles. The second kappa shape index (κ2) is 6.66. The minimum absolute atomic E-state index is 0.175. The van der Waals surface area contributed by atoms with Crippen molar-refractivity contribution in [1.82, 2.24) is 0 Å². The van der Waals surface area contributed by atoms with Crippen LogP contribution < -0.4 is 25.4 Å². The molecule has 0 saturated carbocycles. The molecule has 1 aliphatic rings. The molecule has 4 heteroatoms.